The van der Waals surface area contributed by atoms with Crippen molar-refractivity contribution in [2.75, 3.05) is 32.5 Å². The van der Waals surface area contributed by atoms with Crippen LogP contribution in [-0.4, -0.2) is 69.6 Å². The van der Waals surface area contributed by atoms with Crippen LogP contribution in [0.25, 0.3) is 11.2 Å². The van der Waals surface area contributed by atoms with Gasteiger partial charge in [-0.1, -0.05) is 43.7 Å². The van der Waals surface area contributed by atoms with E-state index in [-0.39, 0.29) is 5.54 Å². The number of aromatic nitrogens is 3. The largest absolute Gasteiger partial charge is 0.381 e. The van der Waals surface area contributed by atoms with Crippen molar-refractivity contribution in [1.82, 2.24) is 29.7 Å². The van der Waals surface area contributed by atoms with Gasteiger partial charge in [-0.05, 0) is 71.7 Å². The Morgan fingerprint density at radius 3 is 2.42 bits per heavy atom. The van der Waals surface area contributed by atoms with Crippen molar-refractivity contribution >= 4 is 16.9 Å². The lowest BCUT2D eigenvalue weighted by Gasteiger charge is -2.46. The predicted octanol–water partition coefficient (Wildman–Crippen LogP) is 5.30. The number of anilines is 1. The molecule has 0 unspecified atom stereocenters. The molecule has 3 atom stereocenters. The smallest absolute Gasteiger partial charge is 0.159 e. The van der Waals surface area contributed by atoms with Gasteiger partial charge < -0.3 is 15.2 Å². The second kappa shape index (κ2) is 11.3. The van der Waals surface area contributed by atoms with Crippen LogP contribution in [-0.2, 0) is 12.6 Å². The van der Waals surface area contributed by atoms with Crippen molar-refractivity contribution in [2.24, 2.45) is 7.05 Å². The van der Waals surface area contributed by atoms with Crippen molar-refractivity contribution in [3.8, 4) is 0 Å². The van der Waals surface area contributed by atoms with Crippen molar-refractivity contribution in [2.45, 2.75) is 89.0 Å². The molecule has 0 radical (unpaired) electrons. The molecule has 2 N–H and O–H groups in total. The molecule has 5 rings (SSSR count). The highest BCUT2D eigenvalue weighted by Crippen LogP contribution is 2.41. The summed E-state index contributed by atoms with van der Waals surface area (Å²) in [6.07, 6.45) is 8.81. The van der Waals surface area contributed by atoms with Gasteiger partial charge >= 0.3 is 0 Å². The van der Waals surface area contributed by atoms with Gasteiger partial charge in [0.15, 0.2) is 5.65 Å². The lowest BCUT2D eigenvalue weighted by atomic mass is 9.74. The minimum Gasteiger partial charge on any atom is -0.381 e. The van der Waals surface area contributed by atoms with Crippen LogP contribution in [0.15, 0.2) is 42.6 Å². The maximum absolute atomic E-state index is 5.19. The Bertz CT molecular complexity index is 1190. The molecule has 1 aliphatic carbocycles. The Morgan fingerprint density at radius 1 is 1.11 bits per heavy atom. The molecular formula is C31H47N7. The molecule has 2 fully saturated rings. The third kappa shape index (κ3) is 5.33. The SMILES string of the molecule is CCC[C@H](c1nc2cc(N[C@H]3CC[C@](c4ccccc4)(N(C)C)CC3)cnc2n1C)N1C[C@@H](C)N[C@@H](C)C1. The minimum atomic E-state index is 0.116. The molecule has 0 spiro atoms. The summed E-state index contributed by atoms with van der Waals surface area (Å²) in [4.78, 5) is 15.1. The number of pyridine rings is 1. The average Bonchev–Trinajstić information content (AvgIpc) is 3.22. The second-order valence-corrected chi connectivity index (χ2v) is 12.0. The minimum absolute atomic E-state index is 0.116. The number of rotatable bonds is 8. The monoisotopic (exact) mass is 517 g/mol. The number of piperazine rings is 1. The maximum Gasteiger partial charge on any atom is 0.159 e. The van der Waals surface area contributed by atoms with Crippen LogP contribution in [0.2, 0.25) is 0 Å². The molecule has 1 saturated carbocycles. The van der Waals surface area contributed by atoms with Crippen LogP contribution in [0.3, 0.4) is 0 Å². The summed E-state index contributed by atoms with van der Waals surface area (Å²) >= 11 is 0. The maximum atomic E-state index is 5.19. The molecule has 7 heteroatoms. The Balaban J connectivity index is 1.32. The number of aryl methyl sites for hydroxylation is 1. The first-order valence-electron chi connectivity index (χ1n) is 14.6. The van der Waals surface area contributed by atoms with Gasteiger partial charge in [0, 0.05) is 43.8 Å². The zero-order valence-corrected chi connectivity index (χ0v) is 24.2. The summed E-state index contributed by atoms with van der Waals surface area (Å²) in [5.41, 5.74) is 4.60. The molecule has 38 heavy (non-hydrogen) atoms. The lowest BCUT2D eigenvalue weighted by molar-refractivity contribution is 0.0945. The van der Waals surface area contributed by atoms with Gasteiger partial charge in [0.05, 0.1) is 17.9 Å². The summed E-state index contributed by atoms with van der Waals surface area (Å²) in [6, 6.07) is 15.0. The Morgan fingerprint density at radius 2 is 1.79 bits per heavy atom. The van der Waals surface area contributed by atoms with Crippen LogP contribution in [0, 0.1) is 0 Å². The van der Waals surface area contributed by atoms with Crippen molar-refractivity contribution in [1.29, 1.82) is 0 Å². The van der Waals surface area contributed by atoms with E-state index in [1.165, 1.54) is 5.56 Å². The van der Waals surface area contributed by atoms with Crippen molar-refractivity contribution in [3.05, 3.63) is 54.0 Å². The number of benzene rings is 1. The van der Waals surface area contributed by atoms with Crippen LogP contribution in [0.4, 0.5) is 5.69 Å². The second-order valence-electron chi connectivity index (χ2n) is 12.0. The zero-order chi connectivity index (χ0) is 26.9. The summed E-state index contributed by atoms with van der Waals surface area (Å²) in [7, 11) is 6.59. The van der Waals surface area contributed by atoms with E-state index in [0.717, 1.165) is 74.3 Å². The lowest BCUT2D eigenvalue weighted by Crippen LogP contribution is -2.55. The van der Waals surface area contributed by atoms with Gasteiger partial charge in [-0.3, -0.25) is 9.80 Å². The summed E-state index contributed by atoms with van der Waals surface area (Å²) < 4.78 is 2.22. The highest BCUT2D eigenvalue weighted by atomic mass is 15.3. The molecular weight excluding hydrogens is 470 g/mol. The Labute approximate surface area is 229 Å². The van der Waals surface area contributed by atoms with Crippen LogP contribution >= 0.6 is 0 Å². The molecule has 0 bridgehead atoms. The summed E-state index contributed by atoms with van der Waals surface area (Å²) in [5, 5.41) is 7.48. The van der Waals surface area contributed by atoms with Gasteiger partial charge in [-0.15, -0.1) is 0 Å². The number of imidazole rings is 1. The van der Waals surface area contributed by atoms with Crippen LogP contribution in [0.5, 0.6) is 0 Å². The fraction of sp³-hybridized carbons (Fsp3) is 0.613. The fourth-order valence-electron chi connectivity index (χ4n) is 7.06. The summed E-state index contributed by atoms with van der Waals surface area (Å²) in [6.45, 7) is 8.95. The third-order valence-electron chi connectivity index (χ3n) is 8.98. The molecule has 1 aliphatic heterocycles. The fourth-order valence-corrected chi connectivity index (χ4v) is 7.06. The first kappa shape index (κ1) is 27.1. The van der Waals surface area contributed by atoms with Gasteiger partial charge in [0.25, 0.3) is 0 Å². The molecule has 7 nitrogen and oxygen atoms in total. The number of nitrogens with zero attached hydrogens (tertiary/aromatic N) is 5. The van der Waals surface area contributed by atoms with E-state index in [0.29, 0.717) is 24.2 Å². The molecule has 2 aliphatic rings. The van der Waals surface area contributed by atoms with E-state index in [4.69, 9.17) is 9.97 Å². The van der Waals surface area contributed by atoms with Gasteiger partial charge in [0.2, 0.25) is 0 Å². The number of hydrogen-bond acceptors (Lipinski definition) is 6. The van der Waals surface area contributed by atoms with Gasteiger partial charge in [-0.25, -0.2) is 9.97 Å². The normalized spacial score (nSPS) is 27.6. The van der Waals surface area contributed by atoms with E-state index in [1.807, 2.05) is 6.20 Å². The van der Waals surface area contributed by atoms with E-state index < -0.39 is 0 Å². The highest BCUT2D eigenvalue weighted by molar-refractivity contribution is 5.75. The van der Waals surface area contributed by atoms with Crippen LogP contribution < -0.4 is 10.6 Å². The van der Waals surface area contributed by atoms with E-state index >= 15 is 0 Å². The first-order valence-corrected chi connectivity index (χ1v) is 14.6. The molecule has 0 amide bonds. The molecule has 1 saturated heterocycles. The molecule has 3 aromatic rings. The topological polar surface area (TPSA) is 61.3 Å². The van der Waals surface area contributed by atoms with Crippen molar-refractivity contribution < 1.29 is 0 Å². The average molecular weight is 518 g/mol. The first-order chi connectivity index (χ1) is 18.3. The number of fused-ring (bicyclic) bond motifs is 1. The third-order valence-corrected chi connectivity index (χ3v) is 8.98. The quantitative estimate of drug-likeness (QED) is 0.423. The zero-order valence-electron chi connectivity index (χ0n) is 24.2. The highest BCUT2D eigenvalue weighted by Gasteiger charge is 2.38. The van der Waals surface area contributed by atoms with E-state index in [1.54, 1.807) is 0 Å². The van der Waals surface area contributed by atoms with Gasteiger partial charge in [-0.2, -0.15) is 0 Å². The standard InChI is InChI=1S/C31H47N7/c1-7-11-28(38-20-22(2)33-23(3)21-38)30-35-27-18-26(19-32-29(27)37(30)6)34-25-14-16-31(17-15-25,36(4)5)24-12-9-8-10-13-24/h8-10,12-13,18-19,22-23,25,28,33-34H,7,11,14-17,20-21H2,1-6H3/t22-,23+,25-,28-,31-/m1/s1. The summed E-state index contributed by atoms with van der Waals surface area (Å²) in [5.74, 6) is 1.14. The van der Waals surface area contributed by atoms with Crippen LogP contribution in [0.1, 0.15) is 76.7 Å². The predicted molar refractivity (Wildman–Crippen MR) is 157 cm³/mol. The molecule has 2 aromatic heterocycles. The van der Waals surface area contributed by atoms with Crippen molar-refractivity contribution in [3.63, 3.8) is 0 Å². The number of nitrogens with one attached hydrogen (secondary N) is 2. The van der Waals surface area contributed by atoms with E-state index in [9.17, 15) is 0 Å². The van der Waals surface area contributed by atoms with Gasteiger partial charge in [0.1, 0.15) is 11.3 Å². The molecule has 1 aromatic carbocycles. The Kier molecular flexibility index (Phi) is 8.08. The van der Waals surface area contributed by atoms with E-state index in [2.05, 4.69) is 103 Å². The molecule has 3 heterocycles. The number of hydrogen-bond donors (Lipinski definition) is 2. The molecule has 206 valence electrons. The Hall–Kier alpha value is -2.48.